The lowest BCUT2D eigenvalue weighted by molar-refractivity contribution is -0.120. The zero-order valence-electron chi connectivity index (χ0n) is 8.48. The highest BCUT2D eigenvalue weighted by Gasteiger charge is 2.04. The summed E-state index contributed by atoms with van der Waals surface area (Å²) in [6.45, 7) is 0.204. The number of hydrogen-bond donors (Lipinski definition) is 3. The molecule has 0 bridgehead atoms. The summed E-state index contributed by atoms with van der Waals surface area (Å²) in [6, 6.07) is 5.89. The molecule has 1 amide bonds. The minimum absolute atomic E-state index is 0.170. The number of nitrogens with two attached hydrogens (primary N) is 1. The molecule has 0 saturated heterocycles. The number of hydrogen-bond acceptors (Lipinski definition) is 3. The molecule has 0 heterocycles. The second kappa shape index (κ2) is 5.69. The Morgan fingerprint density at radius 1 is 1.56 bits per heavy atom. The van der Waals surface area contributed by atoms with Gasteiger partial charge in [0, 0.05) is 6.54 Å². The van der Waals surface area contributed by atoms with Gasteiger partial charge in [0.2, 0.25) is 5.91 Å². The highest BCUT2D eigenvalue weighted by molar-refractivity contribution is 5.98. The smallest absolute Gasteiger partial charge is 0.227 e. The van der Waals surface area contributed by atoms with E-state index in [-0.39, 0.29) is 30.5 Å². The molecule has 1 rings (SSSR count). The lowest BCUT2D eigenvalue weighted by Crippen LogP contribution is -2.28. The molecular weight excluding hydrogens is 213 g/mol. The van der Waals surface area contributed by atoms with Gasteiger partial charge in [-0.3, -0.25) is 4.79 Å². The Morgan fingerprint density at radius 3 is 2.94 bits per heavy atom. The molecule has 0 aliphatic carbocycles. The molecule has 0 aliphatic heterocycles. The monoisotopic (exact) mass is 225 g/mol. The van der Waals surface area contributed by atoms with E-state index >= 15 is 0 Å². The van der Waals surface area contributed by atoms with Gasteiger partial charge in [-0.25, -0.2) is 4.39 Å². The fourth-order valence-electron chi connectivity index (χ4n) is 1.11. The van der Waals surface area contributed by atoms with Crippen LogP contribution in [0.2, 0.25) is 0 Å². The van der Waals surface area contributed by atoms with Crippen LogP contribution in [0.5, 0.6) is 0 Å². The molecule has 0 unspecified atom stereocenters. The molecule has 0 saturated carbocycles. The zero-order valence-corrected chi connectivity index (χ0v) is 8.48. The maximum atomic E-state index is 12.8. The standard InChI is InChI=1S/C10H12FN3O2/c11-8-3-1-2-7(4-8)6-13-10(15)5-9(12)14-16/h1-4,16H,5-6H2,(H2,12,14)(H,13,15). The van der Waals surface area contributed by atoms with Crippen LogP contribution in [0, 0.1) is 5.82 Å². The van der Waals surface area contributed by atoms with E-state index in [4.69, 9.17) is 10.9 Å². The lowest BCUT2D eigenvalue weighted by Gasteiger charge is -2.04. The van der Waals surface area contributed by atoms with Crippen LogP contribution >= 0.6 is 0 Å². The second-order valence-electron chi connectivity index (χ2n) is 3.17. The average Bonchev–Trinajstić information content (AvgIpc) is 2.26. The van der Waals surface area contributed by atoms with E-state index in [1.165, 1.54) is 12.1 Å². The number of nitrogens with zero attached hydrogens (tertiary/aromatic N) is 1. The first kappa shape index (κ1) is 12.0. The third kappa shape index (κ3) is 3.95. The summed E-state index contributed by atoms with van der Waals surface area (Å²) in [4.78, 5) is 11.2. The molecule has 4 N–H and O–H groups in total. The van der Waals surface area contributed by atoms with Crippen LogP contribution < -0.4 is 11.1 Å². The van der Waals surface area contributed by atoms with Crippen LogP contribution in [-0.2, 0) is 11.3 Å². The molecule has 0 aliphatic rings. The maximum Gasteiger partial charge on any atom is 0.227 e. The number of halogens is 1. The summed E-state index contributed by atoms with van der Waals surface area (Å²) >= 11 is 0. The third-order valence-electron chi connectivity index (χ3n) is 1.85. The number of nitrogens with one attached hydrogen (secondary N) is 1. The van der Waals surface area contributed by atoms with Crippen molar-refractivity contribution in [3.8, 4) is 0 Å². The molecule has 5 nitrogen and oxygen atoms in total. The molecule has 86 valence electrons. The highest BCUT2D eigenvalue weighted by Crippen LogP contribution is 2.02. The Morgan fingerprint density at radius 2 is 2.31 bits per heavy atom. The fraction of sp³-hybridized carbons (Fsp3) is 0.200. The SMILES string of the molecule is N/C(CC(=O)NCc1cccc(F)c1)=N\O. The van der Waals surface area contributed by atoms with Gasteiger partial charge in [-0.05, 0) is 17.7 Å². The normalized spacial score (nSPS) is 11.2. The first-order valence-electron chi connectivity index (χ1n) is 4.59. The van der Waals surface area contributed by atoms with E-state index in [0.717, 1.165) is 0 Å². The maximum absolute atomic E-state index is 12.8. The predicted molar refractivity (Wildman–Crippen MR) is 56.3 cm³/mol. The Kier molecular flexibility index (Phi) is 4.26. The van der Waals surface area contributed by atoms with Gasteiger partial charge in [0.15, 0.2) is 0 Å². The molecule has 0 fully saturated rings. The topological polar surface area (TPSA) is 87.7 Å². The number of rotatable bonds is 4. The minimum atomic E-state index is -0.389. The summed E-state index contributed by atoms with van der Waals surface area (Å²) < 4.78 is 12.8. The average molecular weight is 225 g/mol. The third-order valence-corrected chi connectivity index (χ3v) is 1.85. The molecule has 0 radical (unpaired) electrons. The van der Waals surface area contributed by atoms with Gasteiger partial charge in [-0.15, -0.1) is 0 Å². The van der Waals surface area contributed by atoms with Crippen LogP contribution in [0.15, 0.2) is 29.4 Å². The number of oxime groups is 1. The Labute approximate surface area is 91.8 Å². The number of carbonyl (C=O) groups is 1. The van der Waals surface area contributed by atoms with Crippen LogP contribution in [0.3, 0.4) is 0 Å². The van der Waals surface area contributed by atoms with Gasteiger partial charge in [0.25, 0.3) is 0 Å². The molecule has 0 aromatic heterocycles. The van der Waals surface area contributed by atoms with E-state index in [0.29, 0.717) is 5.56 Å². The van der Waals surface area contributed by atoms with Crippen molar-refractivity contribution in [2.24, 2.45) is 10.9 Å². The molecule has 0 atom stereocenters. The van der Waals surface area contributed by atoms with Crippen molar-refractivity contribution in [1.29, 1.82) is 0 Å². The first-order chi connectivity index (χ1) is 7.61. The Hall–Kier alpha value is -2.11. The zero-order chi connectivity index (χ0) is 12.0. The van der Waals surface area contributed by atoms with Crippen molar-refractivity contribution in [3.05, 3.63) is 35.6 Å². The van der Waals surface area contributed by atoms with Crippen molar-refractivity contribution in [3.63, 3.8) is 0 Å². The molecular formula is C10H12FN3O2. The quantitative estimate of drug-likeness (QED) is 0.303. The van der Waals surface area contributed by atoms with Crippen molar-refractivity contribution in [1.82, 2.24) is 5.32 Å². The van der Waals surface area contributed by atoms with Gasteiger partial charge >= 0.3 is 0 Å². The van der Waals surface area contributed by atoms with Gasteiger partial charge in [-0.1, -0.05) is 17.3 Å². The van der Waals surface area contributed by atoms with Gasteiger partial charge < -0.3 is 16.3 Å². The van der Waals surface area contributed by atoms with E-state index in [1.54, 1.807) is 12.1 Å². The van der Waals surface area contributed by atoms with E-state index in [1.807, 2.05) is 0 Å². The molecule has 1 aromatic rings. The van der Waals surface area contributed by atoms with Crippen LogP contribution in [0.1, 0.15) is 12.0 Å². The van der Waals surface area contributed by atoms with Crippen LogP contribution in [0.25, 0.3) is 0 Å². The van der Waals surface area contributed by atoms with Crippen molar-refractivity contribution in [2.75, 3.05) is 0 Å². The van der Waals surface area contributed by atoms with E-state index in [2.05, 4.69) is 10.5 Å². The molecule has 16 heavy (non-hydrogen) atoms. The molecule has 0 spiro atoms. The van der Waals surface area contributed by atoms with Gasteiger partial charge in [0.1, 0.15) is 11.7 Å². The van der Waals surface area contributed by atoms with E-state index in [9.17, 15) is 9.18 Å². The Balaban J connectivity index is 2.43. The fourth-order valence-corrected chi connectivity index (χ4v) is 1.11. The Bertz CT molecular complexity index is 407. The number of amides is 1. The van der Waals surface area contributed by atoms with E-state index < -0.39 is 0 Å². The highest BCUT2D eigenvalue weighted by atomic mass is 19.1. The lowest BCUT2D eigenvalue weighted by atomic mass is 10.2. The summed E-state index contributed by atoms with van der Waals surface area (Å²) in [5.74, 6) is -0.917. The van der Waals surface area contributed by atoms with Crippen molar-refractivity contribution >= 4 is 11.7 Å². The van der Waals surface area contributed by atoms with Crippen molar-refractivity contribution in [2.45, 2.75) is 13.0 Å². The largest absolute Gasteiger partial charge is 0.409 e. The number of carbonyl (C=O) groups excluding carboxylic acids is 1. The molecule has 1 aromatic carbocycles. The van der Waals surface area contributed by atoms with Crippen molar-refractivity contribution < 1.29 is 14.4 Å². The number of amidine groups is 1. The van der Waals surface area contributed by atoms with Crippen LogP contribution in [0.4, 0.5) is 4.39 Å². The minimum Gasteiger partial charge on any atom is -0.409 e. The van der Waals surface area contributed by atoms with Crippen LogP contribution in [-0.4, -0.2) is 17.0 Å². The number of benzene rings is 1. The van der Waals surface area contributed by atoms with Gasteiger partial charge in [0.05, 0.1) is 6.42 Å². The van der Waals surface area contributed by atoms with Gasteiger partial charge in [-0.2, -0.15) is 0 Å². The summed E-state index contributed by atoms with van der Waals surface area (Å²) in [7, 11) is 0. The summed E-state index contributed by atoms with van der Waals surface area (Å²) in [5, 5.41) is 13.4. The molecule has 6 heteroatoms. The summed E-state index contributed by atoms with van der Waals surface area (Å²) in [6.07, 6.45) is -0.189. The first-order valence-corrected chi connectivity index (χ1v) is 4.59. The second-order valence-corrected chi connectivity index (χ2v) is 3.17. The summed E-state index contributed by atoms with van der Waals surface area (Å²) in [5.41, 5.74) is 5.79. The predicted octanol–water partition coefficient (Wildman–Crippen LogP) is 0.578.